The number of benzene rings is 1. The molecule has 104 valence electrons. The third-order valence-corrected chi connectivity index (χ3v) is 3.36. The van der Waals surface area contributed by atoms with Crippen LogP contribution in [0.15, 0.2) is 18.2 Å². The third kappa shape index (κ3) is 3.61. The van der Waals surface area contributed by atoms with Crippen molar-refractivity contribution in [2.75, 3.05) is 12.4 Å². The van der Waals surface area contributed by atoms with Crippen LogP contribution in [0, 0.1) is 0 Å². The second-order valence-electron chi connectivity index (χ2n) is 4.27. The van der Waals surface area contributed by atoms with Crippen LogP contribution in [0.1, 0.15) is 30.6 Å². The molecule has 19 heavy (non-hydrogen) atoms. The molecular weight excluding hydrogens is 268 g/mol. The quantitative estimate of drug-likeness (QED) is 0.891. The molecule has 0 saturated carbocycles. The van der Waals surface area contributed by atoms with Crippen molar-refractivity contribution in [1.82, 2.24) is 4.90 Å². The van der Waals surface area contributed by atoms with E-state index in [0.717, 1.165) is 6.42 Å². The molecule has 0 spiro atoms. The molecule has 0 fully saturated rings. The number of hydrogen-bond acceptors (Lipinski definition) is 2. The maximum atomic E-state index is 12.0. The summed E-state index contributed by atoms with van der Waals surface area (Å²) in [5.41, 5.74) is 0.0928. The number of nitrogens with zero attached hydrogens (tertiary/aromatic N) is 1. The fraction of sp³-hybridized carbons (Fsp3) is 0.385. The van der Waals surface area contributed by atoms with Crippen LogP contribution < -0.4 is 5.32 Å². The van der Waals surface area contributed by atoms with Crippen molar-refractivity contribution in [2.24, 2.45) is 0 Å². The third-order valence-electron chi connectivity index (χ3n) is 3.04. The molecular formula is C13H17ClN2O3. The minimum absolute atomic E-state index is 0.0625. The van der Waals surface area contributed by atoms with E-state index in [9.17, 15) is 9.59 Å². The van der Waals surface area contributed by atoms with Gasteiger partial charge in [-0.15, -0.1) is 0 Å². The first kappa shape index (κ1) is 15.3. The highest BCUT2D eigenvalue weighted by Gasteiger charge is 2.19. The van der Waals surface area contributed by atoms with Gasteiger partial charge in [-0.2, -0.15) is 0 Å². The molecule has 1 atom stereocenters. The largest absolute Gasteiger partial charge is 0.478 e. The number of carboxylic acid groups (broad SMARTS) is 1. The number of aromatic carboxylic acids is 1. The number of rotatable bonds is 4. The molecule has 0 bridgehead atoms. The van der Waals surface area contributed by atoms with Crippen molar-refractivity contribution >= 4 is 29.3 Å². The number of urea groups is 1. The molecule has 6 heteroatoms. The van der Waals surface area contributed by atoms with Crippen LogP contribution in [0.2, 0.25) is 5.02 Å². The predicted molar refractivity (Wildman–Crippen MR) is 74.9 cm³/mol. The number of amides is 2. The van der Waals surface area contributed by atoms with Crippen molar-refractivity contribution < 1.29 is 14.7 Å². The van der Waals surface area contributed by atoms with Gasteiger partial charge in [0, 0.05) is 13.1 Å². The van der Waals surface area contributed by atoms with Gasteiger partial charge in [0.1, 0.15) is 5.56 Å². The summed E-state index contributed by atoms with van der Waals surface area (Å²) in [7, 11) is 1.66. The monoisotopic (exact) mass is 284 g/mol. The van der Waals surface area contributed by atoms with Gasteiger partial charge in [-0.25, -0.2) is 9.59 Å². The number of carbonyl (C=O) groups is 2. The number of anilines is 1. The number of nitrogens with one attached hydrogen (secondary N) is 1. The van der Waals surface area contributed by atoms with E-state index in [1.807, 2.05) is 13.8 Å². The number of carboxylic acids is 1. The number of halogens is 1. The predicted octanol–water partition coefficient (Wildman–Crippen LogP) is 3.30. The molecule has 0 aliphatic rings. The van der Waals surface area contributed by atoms with Crippen LogP contribution in [0.5, 0.6) is 0 Å². The Labute approximate surface area is 117 Å². The number of hydrogen-bond donors (Lipinski definition) is 2. The molecule has 5 nitrogen and oxygen atoms in total. The molecule has 0 aromatic heterocycles. The molecule has 2 amide bonds. The Morgan fingerprint density at radius 3 is 2.63 bits per heavy atom. The molecule has 1 aromatic rings. The van der Waals surface area contributed by atoms with Gasteiger partial charge in [0.15, 0.2) is 0 Å². The number of carbonyl (C=O) groups excluding carboxylic acids is 1. The lowest BCUT2D eigenvalue weighted by Crippen LogP contribution is -2.38. The Morgan fingerprint density at radius 2 is 2.11 bits per heavy atom. The van der Waals surface area contributed by atoms with E-state index in [1.165, 1.54) is 17.0 Å². The summed E-state index contributed by atoms with van der Waals surface area (Å²) >= 11 is 5.83. The van der Waals surface area contributed by atoms with Crippen molar-refractivity contribution in [2.45, 2.75) is 26.3 Å². The van der Waals surface area contributed by atoms with Crippen molar-refractivity contribution in [3.63, 3.8) is 0 Å². The fourth-order valence-electron chi connectivity index (χ4n) is 1.52. The van der Waals surface area contributed by atoms with Crippen molar-refractivity contribution in [1.29, 1.82) is 0 Å². The van der Waals surface area contributed by atoms with Gasteiger partial charge in [-0.1, -0.05) is 24.6 Å². The lowest BCUT2D eigenvalue weighted by atomic mass is 10.2. The molecule has 0 aliphatic carbocycles. The van der Waals surface area contributed by atoms with Crippen LogP contribution in [-0.4, -0.2) is 35.1 Å². The maximum Gasteiger partial charge on any atom is 0.339 e. The minimum Gasteiger partial charge on any atom is -0.478 e. The minimum atomic E-state index is -1.17. The first-order valence-electron chi connectivity index (χ1n) is 5.94. The van der Waals surface area contributed by atoms with Gasteiger partial charge in [0.2, 0.25) is 0 Å². The highest BCUT2D eigenvalue weighted by atomic mass is 35.5. The highest BCUT2D eigenvalue weighted by molar-refractivity contribution is 6.34. The summed E-state index contributed by atoms with van der Waals surface area (Å²) in [5.74, 6) is -1.17. The van der Waals surface area contributed by atoms with Crippen LogP contribution in [0.3, 0.4) is 0 Å². The Bertz CT molecular complexity index is 491. The molecule has 2 N–H and O–H groups in total. The Hall–Kier alpha value is -1.75. The molecule has 0 heterocycles. The molecule has 1 aromatic carbocycles. The summed E-state index contributed by atoms with van der Waals surface area (Å²) in [6.45, 7) is 3.88. The van der Waals surface area contributed by atoms with Gasteiger partial charge in [-0.05, 0) is 25.5 Å². The Balaban J connectivity index is 2.97. The average molecular weight is 285 g/mol. The van der Waals surface area contributed by atoms with E-state index >= 15 is 0 Å². The second kappa shape index (κ2) is 6.43. The van der Waals surface area contributed by atoms with Gasteiger partial charge in [-0.3, -0.25) is 0 Å². The maximum absolute atomic E-state index is 12.0. The Morgan fingerprint density at radius 1 is 1.47 bits per heavy atom. The van der Waals surface area contributed by atoms with E-state index in [0.29, 0.717) is 0 Å². The van der Waals surface area contributed by atoms with Crippen molar-refractivity contribution in [3.8, 4) is 0 Å². The van der Waals surface area contributed by atoms with Gasteiger partial charge in [0.05, 0.1) is 10.7 Å². The van der Waals surface area contributed by atoms with E-state index in [4.69, 9.17) is 16.7 Å². The lowest BCUT2D eigenvalue weighted by molar-refractivity contribution is 0.0698. The normalized spacial score (nSPS) is 11.8. The van der Waals surface area contributed by atoms with Gasteiger partial charge >= 0.3 is 12.0 Å². The van der Waals surface area contributed by atoms with Crippen LogP contribution in [0.4, 0.5) is 10.5 Å². The van der Waals surface area contributed by atoms with Crippen LogP contribution in [0.25, 0.3) is 0 Å². The summed E-state index contributed by atoms with van der Waals surface area (Å²) in [4.78, 5) is 24.6. The summed E-state index contributed by atoms with van der Waals surface area (Å²) in [6.07, 6.45) is 0.811. The molecule has 0 saturated heterocycles. The van der Waals surface area contributed by atoms with E-state index in [1.54, 1.807) is 13.1 Å². The molecule has 0 aliphatic heterocycles. The van der Waals surface area contributed by atoms with Crippen LogP contribution in [-0.2, 0) is 0 Å². The first-order chi connectivity index (χ1) is 8.88. The zero-order valence-corrected chi connectivity index (χ0v) is 11.9. The highest BCUT2D eigenvalue weighted by Crippen LogP contribution is 2.24. The topological polar surface area (TPSA) is 69.6 Å². The molecule has 1 rings (SSSR count). The Kier molecular flexibility index (Phi) is 5.18. The fourth-order valence-corrected chi connectivity index (χ4v) is 1.78. The zero-order valence-electron chi connectivity index (χ0n) is 11.1. The summed E-state index contributed by atoms with van der Waals surface area (Å²) in [6, 6.07) is 4.27. The van der Waals surface area contributed by atoms with E-state index in [-0.39, 0.29) is 28.3 Å². The summed E-state index contributed by atoms with van der Waals surface area (Å²) < 4.78 is 0. The lowest BCUT2D eigenvalue weighted by Gasteiger charge is -2.24. The average Bonchev–Trinajstić information content (AvgIpc) is 2.36. The van der Waals surface area contributed by atoms with E-state index in [2.05, 4.69) is 5.32 Å². The molecule has 1 unspecified atom stereocenters. The summed E-state index contributed by atoms with van der Waals surface area (Å²) in [5, 5.41) is 11.8. The first-order valence-corrected chi connectivity index (χ1v) is 6.31. The van der Waals surface area contributed by atoms with Crippen molar-refractivity contribution in [3.05, 3.63) is 28.8 Å². The van der Waals surface area contributed by atoms with E-state index < -0.39 is 5.97 Å². The smallest absolute Gasteiger partial charge is 0.339 e. The molecule has 0 radical (unpaired) electrons. The van der Waals surface area contributed by atoms with Gasteiger partial charge in [0.25, 0.3) is 0 Å². The SMILES string of the molecule is CCC(C)N(C)C(=O)Nc1cccc(Cl)c1C(=O)O. The standard InChI is InChI=1S/C13H17ClN2O3/c1-4-8(2)16(3)13(19)15-10-7-5-6-9(14)11(10)12(17)18/h5-8H,4H2,1-3H3,(H,15,19)(H,17,18). The van der Waals surface area contributed by atoms with Gasteiger partial charge < -0.3 is 15.3 Å². The second-order valence-corrected chi connectivity index (χ2v) is 4.67. The zero-order chi connectivity index (χ0) is 14.6. The van der Waals surface area contributed by atoms with Crippen LogP contribution >= 0.6 is 11.6 Å².